The molecule has 0 N–H and O–H groups in total. The highest BCUT2D eigenvalue weighted by atomic mass is 19.1. The summed E-state index contributed by atoms with van der Waals surface area (Å²) >= 11 is 0. The van der Waals surface area contributed by atoms with E-state index in [1.165, 1.54) is 11.6 Å². The predicted molar refractivity (Wildman–Crippen MR) is 98.5 cm³/mol. The van der Waals surface area contributed by atoms with E-state index in [1.54, 1.807) is 19.1 Å². The third-order valence-corrected chi connectivity index (χ3v) is 4.74. The van der Waals surface area contributed by atoms with Crippen LogP contribution in [0.2, 0.25) is 0 Å². The zero-order valence-corrected chi connectivity index (χ0v) is 14.7. The van der Waals surface area contributed by atoms with E-state index in [2.05, 4.69) is 11.0 Å². The highest BCUT2D eigenvalue weighted by Gasteiger charge is 2.19. The average Bonchev–Trinajstić information content (AvgIpc) is 2.57. The summed E-state index contributed by atoms with van der Waals surface area (Å²) in [5.74, 6) is -0.182. The van der Waals surface area contributed by atoms with Gasteiger partial charge >= 0.3 is 0 Å². The summed E-state index contributed by atoms with van der Waals surface area (Å²) in [6.45, 7) is 7.18. The molecule has 0 aliphatic carbocycles. The van der Waals surface area contributed by atoms with E-state index in [0.717, 1.165) is 41.9 Å². The lowest BCUT2D eigenvalue weighted by Crippen LogP contribution is -2.29. The van der Waals surface area contributed by atoms with Gasteiger partial charge in [0, 0.05) is 30.9 Å². The highest BCUT2D eigenvalue weighted by molar-refractivity contribution is 5.71. The number of hydrogen-bond acceptors (Lipinski definition) is 3. The molecule has 4 nitrogen and oxygen atoms in total. The molecule has 0 unspecified atom stereocenters. The fraction of sp³-hybridized carbons (Fsp3) is 0.300. The molecule has 0 atom stereocenters. The van der Waals surface area contributed by atoms with Crippen molar-refractivity contribution in [2.75, 3.05) is 18.0 Å². The van der Waals surface area contributed by atoms with Gasteiger partial charge in [-0.05, 0) is 67.2 Å². The van der Waals surface area contributed by atoms with Crippen molar-refractivity contribution >= 4 is 16.9 Å². The monoisotopic (exact) mass is 340 g/mol. The Labute approximate surface area is 146 Å². The molecule has 5 heteroatoms. The van der Waals surface area contributed by atoms with Gasteiger partial charge in [-0.3, -0.25) is 10.1 Å². The summed E-state index contributed by atoms with van der Waals surface area (Å²) in [7, 11) is 0. The van der Waals surface area contributed by atoms with Crippen LogP contribution < -0.4 is 4.90 Å². The molecule has 0 spiro atoms. The van der Waals surface area contributed by atoms with Crippen molar-refractivity contribution in [2.45, 2.75) is 27.2 Å². The molecule has 1 aliphatic rings. The molecule has 0 saturated carbocycles. The Morgan fingerprint density at radius 2 is 1.76 bits per heavy atom. The van der Waals surface area contributed by atoms with Crippen LogP contribution in [0.1, 0.15) is 28.7 Å². The molecule has 0 bridgehead atoms. The van der Waals surface area contributed by atoms with Crippen molar-refractivity contribution in [3.8, 4) is 0 Å². The molecule has 0 fully saturated rings. The highest BCUT2D eigenvalue weighted by Crippen LogP contribution is 2.33. The molecule has 130 valence electrons. The normalized spacial score (nSPS) is 14.4. The van der Waals surface area contributed by atoms with Crippen LogP contribution in [0.15, 0.2) is 36.4 Å². The lowest BCUT2D eigenvalue weighted by molar-refractivity contribution is -0.384. The summed E-state index contributed by atoms with van der Waals surface area (Å²) < 4.78 is 13.5. The fourth-order valence-electron chi connectivity index (χ4n) is 3.52. The number of non-ortho nitro benzene ring substituents is 1. The molecule has 2 aromatic carbocycles. The van der Waals surface area contributed by atoms with Crippen molar-refractivity contribution in [3.05, 3.63) is 74.6 Å². The molecule has 2 aromatic rings. The van der Waals surface area contributed by atoms with Crippen LogP contribution in [0.5, 0.6) is 0 Å². The van der Waals surface area contributed by atoms with Crippen molar-refractivity contribution in [3.63, 3.8) is 0 Å². The van der Waals surface area contributed by atoms with Crippen LogP contribution in [0.3, 0.4) is 0 Å². The van der Waals surface area contributed by atoms with Crippen molar-refractivity contribution in [1.82, 2.24) is 0 Å². The van der Waals surface area contributed by atoms with Gasteiger partial charge in [0.1, 0.15) is 5.82 Å². The van der Waals surface area contributed by atoms with E-state index < -0.39 is 0 Å². The quantitative estimate of drug-likeness (QED) is 0.586. The molecular weight excluding hydrogens is 319 g/mol. The average molecular weight is 340 g/mol. The number of halogens is 1. The number of nitrogens with zero attached hydrogens (tertiary/aromatic N) is 2. The van der Waals surface area contributed by atoms with Gasteiger partial charge < -0.3 is 4.90 Å². The van der Waals surface area contributed by atoms with Crippen molar-refractivity contribution in [1.29, 1.82) is 0 Å². The lowest BCUT2D eigenvalue weighted by atomic mass is 9.96. The van der Waals surface area contributed by atoms with Crippen LogP contribution in [0.4, 0.5) is 15.8 Å². The van der Waals surface area contributed by atoms with E-state index in [1.807, 2.05) is 26.0 Å². The number of benzene rings is 2. The Morgan fingerprint density at radius 1 is 1.08 bits per heavy atom. The lowest BCUT2D eigenvalue weighted by Gasteiger charge is -2.31. The molecule has 1 aliphatic heterocycles. The molecule has 0 saturated heterocycles. The molecule has 0 radical (unpaired) electrons. The third kappa shape index (κ3) is 3.40. The maximum absolute atomic E-state index is 13.5. The van der Waals surface area contributed by atoms with Crippen LogP contribution in [0.25, 0.3) is 5.57 Å². The predicted octanol–water partition coefficient (Wildman–Crippen LogP) is 4.95. The second kappa shape index (κ2) is 6.67. The first-order chi connectivity index (χ1) is 11.9. The minimum Gasteiger partial charge on any atom is -0.367 e. The second-order valence-electron chi connectivity index (χ2n) is 6.57. The second-order valence-corrected chi connectivity index (χ2v) is 6.57. The third-order valence-electron chi connectivity index (χ3n) is 4.74. The van der Waals surface area contributed by atoms with Gasteiger partial charge in [0.2, 0.25) is 0 Å². The van der Waals surface area contributed by atoms with E-state index in [0.29, 0.717) is 5.56 Å². The van der Waals surface area contributed by atoms with Gasteiger partial charge in [-0.2, -0.15) is 0 Å². The van der Waals surface area contributed by atoms with E-state index in [4.69, 9.17) is 0 Å². The number of nitro groups is 1. The van der Waals surface area contributed by atoms with Crippen LogP contribution in [0, 0.1) is 36.7 Å². The summed E-state index contributed by atoms with van der Waals surface area (Å²) in [5.41, 5.74) is 5.97. The summed E-state index contributed by atoms with van der Waals surface area (Å²) in [6.07, 6.45) is 3.03. The summed E-state index contributed by atoms with van der Waals surface area (Å²) in [6, 6.07) is 8.49. The number of rotatable bonds is 3. The van der Waals surface area contributed by atoms with Gasteiger partial charge in [-0.15, -0.1) is 0 Å². The van der Waals surface area contributed by atoms with E-state index in [-0.39, 0.29) is 16.4 Å². The Kier molecular flexibility index (Phi) is 4.57. The Balaban J connectivity index is 1.85. The largest absolute Gasteiger partial charge is 0.367 e. The van der Waals surface area contributed by atoms with Crippen LogP contribution in [-0.2, 0) is 0 Å². The minimum absolute atomic E-state index is 0.133. The first-order valence-corrected chi connectivity index (χ1v) is 8.33. The number of hydrogen-bond donors (Lipinski definition) is 0. The first kappa shape index (κ1) is 17.1. The Morgan fingerprint density at radius 3 is 2.28 bits per heavy atom. The van der Waals surface area contributed by atoms with Gasteiger partial charge in [-0.1, -0.05) is 12.1 Å². The maximum atomic E-state index is 13.5. The minimum atomic E-state index is -0.352. The smallest absolute Gasteiger partial charge is 0.270 e. The molecule has 1 heterocycles. The molecule has 0 aromatic heterocycles. The van der Waals surface area contributed by atoms with Gasteiger partial charge in [0.05, 0.1) is 4.92 Å². The molecule has 0 amide bonds. The number of anilines is 1. The topological polar surface area (TPSA) is 46.4 Å². The first-order valence-electron chi connectivity index (χ1n) is 8.33. The molecule has 25 heavy (non-hydrogen) atoms. The van der Waals surface area contributed by atoms with Crippen LogP contribution >= 0.6 is 0 Å². The maximum Gasteiger partial charge on any atom is 0.270 e. The Hall–Kier alpha value is -2.69. The Bertz CT molecular complexity index is 851. The molecule has 3 rings (SSSR count). The zero-order chi connectivity index (χ0) is 18.1. The van der Waals surface area contributed by atoms with Crippen LogP contribution in [-0.4, -0.2) is 18.0 Å². The van der Waals surface area contributed by atoms with Crippen molar-refractivity contribution < 1.29 is 9.31 Å². The fourth-order valence-corrected chi connectivity index (χ4v) is 3.52. The molecular formula is C20H21FN2O2. The number of aryl methyl sites for hydroxylation is 3. The van der Waals surface area contributed by atoms with Crippen molar-refractivity contribution in [2.24, 2.45) is 0 Å². The van der Waals surface area contributed by atoms with Gasteiger partial charge in [0.15, 0.2) is 0 Å². The number of nitro benzene ring substituents is 1. The van der Waals surface area contributed by atoms with Gasteiger partial charge in [-0.25, -0.2) is 4.39 Å². The zero-order valence-electron chi connectivity index (χ0n) is 14.7. The SMILES string of the molecule is Cc1cc(C2=CCN(c3c(C)cc([N+](=O)[O-])cc3C)CC2)ccc1F. The summed E-state index contributed by atoms with van der Waals surface area (Å²) in [5, 5.41) is 11.0. The standard InChI is InChI=1S/C20H21FN2O2/c1-13-10-17(4-5-19(13)21)16-6-8-22(9-7-16)20-14(2)11-18(23(24)25)12-15(20)3/h4-6,10-12H,7-9H2,1-3H3. The van der Waals surface area contributed by atoms with E-state index >= 15 is 0 Å². The van der Waals surface area contributed by atoms with Gasteiger partial charge in [0.25, 0.3) is 5.69 Å². The van der Waals surface area contributed by atoms with E-state index in [9.17, 15) is 14.5 Å². The summed E-state index contributed by atoms with van der Waals surface area (Å²) in [4.78, 5) is 12.9.